The van der Waals surface area contributed by atoms with Crippen molar-refractivity contribution in [3.05, 3.63) is 63.7 Å². The zero-order valence-corrected chi connectivity index (χ0v) is 34.1. The molecular formula is C43H53ClN6O6. The Morgan fingerprint density at radius 3 is 2.41 bits per heavy atom. The van der Waals surface area contributed by atoms with Gasteiger partial charge in [-0.25, -0.2) is 0 Å². The molecule has 0 radical (unpaired) electrons. The fourth-order valence-corrected chi connectivity index (χ4v) is 9.77. The van der Waals surface area contributed by atoms with E-state index >= 15 is 0 Å². The monoisotopic (exact) mass is 784 g/mol. The molecule has 3 atom stereocenters. The number of nitrogens with zero attached hydrogens (tertiary/aromatic N) is 4. The van der Waals surface area contributed by atoms with Crippen LogP contribution in [0, 0.1) is 45.3 Å². The molecular weight excluding hydrogens is 732 g/mol. The van der Waals surface area contributed by atoms with Crippen molar-refractivity contribution < 1.29 is 29.0 Å². The largest absolute Gasteiger partial charge is 0.489 e. The van der Waals surface area contributed by atoms with Crippen LogP contribution in [0.25, 0.3) is 0 Å². The van der Waals surface area contributed by atoms with Crippen molar-refractivity contribution in [3.8, 4) is 23.7 Å². The van der Waals surface area contributed by atoms with Crippen molar-refractivity contribution in [3.63, 3.8) is 0 Å². The Balaban J connectivity index is 0.977. The van der Waals surface area contributed by atoms with Crippen molar-refractivity contribution in [2.75, 3.05) is 26.2 Å². The van der Waals surface area contributed by atoms with Gasteiger partial charge in [-0.05, 0) is 47.2 Å². The van der Waals surface area contributed by atoms with E-state index in [2.05, 4.69) is 55.8 Å². The van der Waals surface area contributed by atoms with Crippen LogP contribution in [0.1, 0.15) is 94.8 Å². The average Bonchev–Trinajstić information content (AvgIpc) is 3.64. The fraction of sp³-hybridized carbons (Fsp3) is 0.558. The minimum absolute atomic E-state index is 0.00617. The molecule has 4 amide bonds. The van der Waals surface area contributed by atoms with Crippen LogP contribution in [-0.2, 0) is 20.9 Å². The summed E-state index contributed by atoms with van der Waals surface area (Å²) in [5.41, 5.74) is 7.09. The lowest BCUT2D eigenvalue weighted by Crippen LogP contribution is -2.74. The van der Waals surface area contributed by atoms with Gasteiger partial charge in [0.05, 0.1) is 16.7 Å². The van der Waals surface area contributed by atoms with E-state index in [1.807, 2.05) is 43.9 Å². The van der Waals surface area contributed by atoms with E-state index in [-0.39, 0.29) is 54.2 Å². The van der Waals surface area contributed by atoms with Gasteiger partial charge in [0.15, 0.2) is 0 Å². The summed E-state index contributed by atoms with van der Waals surface area (Å²) in [4.78, 5) is 57.5. The third-order valence-corrected chi connectivity index (χ3v) is 12.3. The highest BCUT2D eigenvalue weighted by Crippen LogP contribution is 2.59. The predicted octanol–water partition coefficient (Wildman–Crippen LogP) is 4.09. The number of ether oxygens (including phenoxy) is 1. The van der Waals surface area contributed by atoms with Gasteiger partial charge in [0.2, 0.25) is 17.7 Å². The highest BCUT2D eigenvalue weighted by atomic mass is 35.5. The van der Waals surface area contributed by atoms with Crippen molar-refractivity contribution in [1.82, 2.24) is 20.0 Å². The number of aliphatic hydroxyl groups is 1. The van der Waals surface area contributed by atoms with Gasteiger partial charge in [-0.3, -0.25) is 19.2 Å². The fourth-order valence-electron chi connectivity index (χ4n) is 9.56. The van der Waals surface area contributed by atoms with Gasteiger partial charge in [-0.15, -0.1) is 0 Å². The normalized spacial score (nSPS) is 24.5. The number of fused-ring (bicyclic) bond motifs is 1. The molecule has 4 aliphatic rings. The maximum atomic E-state index is 13.7. The van der Waals surface area contributed by atoms with Gasteiger partial charge >= 0.3 is 0 Å². The molecule has 298 valence electrons. The third kappa shape index (κ3) is 7.98. The molecule has 0 unspecified atom stereocenters. The summed E-state index contributed by atoms with van der Waals surface area (Å²) in [6.45, 7) is 16.7. The summed E-state index contributed by atoms with van der Waals surface area (Å²) in [5, 5.41) is 22.5. The average molecular weight is 785 g/mol. The number of nitrogens with two attached hydrogens (primary N) is 1. The topological polar surface area (TPSA) is 169 Å². The Morgan fingerprint density at radius 2 is 1.79 bits per heavy atom. The quantitative estimate of drug-likeness (QED) is 0.303. The molecule has 3 fully saturated rings. The van der Waals surface area contributed by atoms with E-state index in [9.17, 15) is 29.5 Å². The van der Waals surface area contributed by atoms with Crippen LogP contribution in [0.15, 0.2) is 36.4 Å². The van der Waals surface area contributed by atoms with Gasteiger partial charge in [-0.2, -0.15) is 5.26 Å². The Hall–Kier alpha value is -4.62. The molecule has 3 aliphatic heterocycles. The number of nitrogens with one attached hydrogen (secondary N) is 1. The number of aliphatic hydroxyl groups excluding tert-OH is 1. The summed E-state index contributed by atoms with van der Waals surface area (Å²) in [6.07, 6.45) is 0.00729. The van der Waals surface area contributed by atoms with E-state index < -0.39 is 35.4 Å². The second kappa shape index (κ2) is 15.4. The summed E-state index contributed by atoms with van der Waals surface area (Å²) < 4.78 is 6.45. The second-order valence-corrected chi connectivity index (χ2v) is 18.6. The van der Waals surface area contributed by atoms with E-state index in [4.69, 9.17) is 22.1 Å². The maximum Gasteiger partial charge on any atom is 0.254 e. The van der Waals surface area contributed by atoms with E-state index in [1.54, 1.807) is 18.2 Å². The number of β-amino-alcohol motifs (C(OH)–C–C–N with tert-alkyl or cyclic N) is 1. The molecule has 12 nitrogen and oxygen atoms in total. The number of hydrogen-bond acceptors (Lipinski definition) is 8. The zero-order chi connectivity index (χ0) is 40.9. The first-order valence-corrected chi connectivity index (χ1v) is 19.7. The van der Waals surface area contributed by atoms with E-state index in [1.165, 1.54) is 4.90 Å². The smallest absolute Gasteiger partial charge is 0.254 e. The number of primary amides is 1. The summed E-state index contributed by atoms with van der Waals surface area (Å²) in [6, 6.07) is 11.1. The van der Waals surface area contributed by atoms with Crippen LogP contribution in [0.4, 0.5) is 0 Å². The molecule has 0 aromatic heterocycles. The van der Waals surface area contributed by atoms with Crippen molar-refractivity contribution >= 4 is 35.2 Å². The lowest BCUT2D eigenvalue weighted by molar-refractivity contribution is -0.199. The van der Waals surface area contributed by atoms with Gasteiger partial charge in [0.25, 0.3) is 5.91 Å². The Bertz CT molecular complexity index is 2000. The third-order valence-electron chi connectivity index (χ3n) is 11.9. The molecule has 2 saturated heterocycles. The Morgan fingerprint density at radius 1 is 1.09 bits per heavy atom. The molecule has 56 heavy (non-hydrogen) atoms. The number of carbonyl (C=O) groups is 4. The first-order chi connectivity index (χ1) is 26.2. The van der Waals surface area contributed by atoms with Crippen LogP contribution in [-0.4, -0.2) is 99.9 Å². The zero-order valence-electron chi connectivity index (χ0n) is 33.3. The summed E-state index contributed by atoms with van der Waals surface area (Å²) in [7, 11) is 0. The van der Waals surface area contributed by atoms with Crippen molar-refractivity contribution in [2.24, 2.45) is 27.9 Å². The highest BCUT2D eigenvalue weighted by molar-refractivity contribution is 6.31. The Labute approximate surface area is 334 Å². The predicted molar refractivity (Wildman–Crippen MR) is 211 cm³/mol. The van der Waals surface area contributed by atoms with Crippen molar-refractivity contribution in [1.29, 1.82) is 5.26 Å². The highest BCUT2D eigenvalue weighted by Gasteiger charge is 2.67. The number of halogens is 1. The number of nitriles is 1. The number of amides is 4. The minimum atomic E-state index is -0.894. The minimum Gasteiger partial charge on any atom is -0.489 e. The van der Waals surface area contributed by atoms with Crippen molar-refractivity contribution in [2.45, 2.75) is 105 Å². The molecule has 13 heteroatoms. The van der Waals surface area contributed by atoms with Crippen LogP contribution in [0.3, 0.4) is 0 Å². The number of rotatable bonds is 10. The van der Waals surface area contributed by atoms with E-state index in [0.717, 1.165) is 24.2 Å². The number of benzene rings is 2. The van der Waals surface area contributed by atoms with Crippen LogP contribution >= 0.6 is 11.6 Å². The number of carbonyl (C=O) groups excluding carboxylic acids is 4. The maximum absolute atomic E-state index is 13.7. The van der Waals surface area contributed by atoms with Gasteiger partial charge < -0.3 is 35.6 Å². The number of hydrogen-bond donors (Lipinski definition) is 3. The molecule has 1 saturated carbocycles. The molecule has 0 spiro atoms. The summed E-state index contributed by atoms with van der Waals surface area (Å²) >= 11 is 6.27. The summed E-state index contributed by atoms with van der Waals surface area (Å²) in [5.74, 6) is 6.26. The first kappa shape index (κ1) is 41.0. The lowest BCUT2D eigenvalue weighted by Gasteiger charge is -2.65. The Kier molecular flexibility index (Phi) is 11.3. The van der Waals surface area contributed by atoms with Crippen LogP contribution in [0.5, 0.6) is 5.75 Å². The van der Waals surface area contributed by atoms with Gasteiger partial charge in [0, 0.05) is 86.1 Å². The molecule has 1 aliphatic carbocycles. The first-order valence-electron chi connectivity index (χ1n) is 19.3. The molecule has 4 N–H and O–H groups in total. The molecule has 2 aromatic rings. The van der Waals surface area contributed by atoms with Crippen LogP contribution < -0.4 is 15.8 Å². The SMILES string of the molecule is CC1(C)C(Oc2ccc(C#N)c(Cl)c2)C(C)(C)C1N1Cc2cc(C#CCC3CN(CCC(=O)N[C@H](C(=O)N4C[C@H](O)C[C@H]4C(N)=O)C(C)(C)C)C3)ccc2C1=O. The lowest BCUT2D eigenvalue weighted by atomic mass is 9.49. The molecule has 0 bridgehead atoms. The van der Waals surface area contributed by atoms with Gasteiger partial charge in [-0.1, -0.05) is 71.9 Å². The van der Waals surface area contributed by atoms with E-state index in [0.29, 0.717) is 47.3 Å². The standard InChI is InChI=1S/C43H53ClN6O6/c1-41(2,3)35(38(55)49-24-29(51)18-33(49)36(46)53)47-34(52)15-16-48-21-26(22-48)10-8-9-25-11-14-31-28(17-25)23-50(37(31)54)39-42(4,5)40(43(39,6)7)56-30-13-12-27(20-45)32(44)19-30/h11-14,17,19,26,29,33,35,39-40,51H,10,15-16,18,21-24H2,1-7H3,(H2,46,53)(H,47,52)/t29-,33+,35-,39?,40?/m1/s1. The van der Waals surface area contributed by atoms with Crippen LogP contribution in [0.2, 0.25) is 5.02 Å². The molecule has 2 aromatic carbocycles. The number of likely N-dealkylation sites (tertiary alicyclic amines) is 2. The second-order valence-electron chi connectivity index (χ2n) is 18.1. The molecule has 3 heterocycles. The molecule has 6 rings (SSSR count). The van der Waals surface area contributed by atoms with Gasteiger partial charge in [0.1, 0.15) is 30.0 Å².